The Morgan fingerprint density at radius 3 is 2.65 bits per heavy atom. The Labute approximate surface area is 96.7 Å². The molecule has 90 valence electrons. The zero-order chi connectivity index (χ0) is 12.4. The number of anilines is 1. The van der Waals surface area contributed by atoms with Crippen LogP contribution in [0, 0.1) is 0 Å². The summed E-state index contributed by atoms with van der Waals surface area (Å²) in [4.78, 5) is 10.5. The molecular formula is C11H11NO5. The van der Waals surface area contributed by atoms with Gasteiger partial charge in [-0.3, -0.25) is 5.32 Å². The maximum absolute atomic E-state index is 10.5. The summed E-state index contributed by atoms with van der Waals surface area (Å²) < 4.78 is 15.6. The zero-order valence-corrected chi connectivity index (χ0v) is 9.31. The standard InChI is InChI=1S/C11H11NO5/c1-15-7-3-6-4-9(12-11(13)14)17-10(6)8(5-7)16-2/h3-5,12H,1-2H3,(H,13,14). The van der Waals surface area contributed by atoms with Crippen molar-refractivity contribution in [1.82, 2.24) is 0 Å². The maximum Gasteiger partial charge on any atom is 0.411 e. The molecule has 0 aliphatic carbocycles. The first-order valence-corrected chi connectivity index (χ1v) is 4.79. The van der Waals surface area contributed by atoms with Crippen molar-refractivity contribution in [1.29, 1.82) is 0 Å². The van der Waals surface area contributed by atoms with Crippen molar-refractivity contribution in [2.75, 3.05) is 19.5 Å². The molecule has 0 saturated heterocycles. The molecule has 0 radical (unpaired) electrons. The van der Waals surface area contributed by atoms with Crippen LogP contribution in [-0.2, 0) is 0 Å². The fraction of sp³-hybridized carbons (Fsp3) is 0.182. The molecule has 0 aliphatic rings. The van der Waals surface area contributed by atoms with E-state index < -0.39 is 6.09 Å². The highest BCUT2D eigenvalue weighted by molar-refractivity contribution is 5.91. The minimum absolute atomic E-state index is 0.138. The molecule has 2 rings (SSSR count). The molecule has 1 aromatic carbocycles. The second-order valence-electron chi connectivity index (χ2n) is 3.29. The number of hydrogen-bond acceptors (Lipinski definition) is 4. The van der Waals surface area contributed by atoms with Gasteiger partial charge in [0.1, 0.15) is 5.75 Å². The third kappa shape index (κ3) is 2.10. The number of nitrogens with one attached hydrogen (secondary N) is 1. The molecule has 1 aromatic heterocycles. The van der Waals surface area contributed by atoms with E-state index in [2.05, 4.69) is 5.32 Å². The van der Waals surface area contributed by atoms with Crippen LogP contribution in [-0.4, -0.2) is 25.4 Å². The van der Waals surface area contributed by atoms with Crippen LogP contribution in [0.15, 0.2) is 22.6 Å². The number of rotatable bonds is 3. The normalized spacial score (nSPS) is 10.2. The number of amides is 1. The largest absolute Gasteiger partial charge is 0.497 e. The summed E-state index contributed by atoms with van der Waals surface area (Å²) in [5.41, 5.74) is 0.469. The summed E-state index contributed by atoms with van der Waals surface area (Å²) in [6, 6.07) is 4.96. The van der Waals surface area contributed by atoms with Crippen LogP contribution in [0.3, 0.4) is 0 Å². The first kappa shape index (κ1) is 11.1. The molecule has 0 fully saturated rings. The highest BCUT2D eigenvalue weighted by atomic mass is 16.5. The van der Waals surface area contributed by atoms with Gasteiger partial charge in [-0.15, -0.1) is 0 Å². The number of carboxylic acid groups (broad SMARTS) is 1. The summed E-state index contributed by atoms with van der Waals surface area (Å²) in [6.45, 7) is 0. The van der Waals surface area contributed by atoms with Crippen LogP contribution in [0.4, 0.5) is 10.7 Å². The van der Waals surface area contributed by atoms with Gasteiger partial charge in [0.2, 0.25) is 5.88 Å². The van der Waals surface area contributed by atoms with E-state index in [-0.39, 0.29) is 5.88 Å². The lowest BCUT2D eigenvalue weighted by Gasteiger charge is -2.03. The van der Waals surface area contributed by atoms with Gasteiger partial charge in [-0.25, -0.2) is 4.79 Å². The van der Waals surface area contributed by atoms with Crippen molar-refractivity contribution in [3.8, 4) is 11.5 Å². The van der Waals surface area contributed by atoms with Crippen molar-refractivity contribution in [3.05, 3.63) is 18.2 Å². The number of methoxy groups -OCH3 is 2. The van der Waals surface area contributed by atoms with Crippen LogP contribution in [0.5, 0.6) is 11.5 Å². The minimum Gasteiger partial charge on any atom is -0.497 e. The second kappa shape index (κ2) is 4.25. The van der Waals surface area contributed by atoms with Gasteiger partial charge in [0.05, 0.1) is 14.2 Å². The third-order valence-corrected chi connectivity index (χ3v) is 2.24. The number of fused-ring (bicyclic) bond motifs is 1. The molecule has 0 bridgehead atoms. The lowest BCUT2D eigenvalue weighted by molar-refractivity contribution is 0.209. The smallest absolute Gasteiger partial charge is 0.411 e. The Kier molecular flexibility index (Phi) is 2.78. The van der Waals surface area contributed by atoms with Crippen molar-refractivity contribution in [2.45, 2.75) is 0 Å². The van der Waals surface area contributed by atoms with Crippen LogP contribution >= 0.6 is 0 Å². The second-order valence-corrected chi connectivity index (χ2v) is 3.29. The Hall–Kier alpha value is -2.37. The van der Waals surface area contributed by atoms with Crippen molar-refractivity contribution < 1.29 is 23.8 Å². The Balaban J connectivity index is 2.54. The minimum atomic E-state index is -1.19. The predicted molar refractivity (Wildman–Crippen MR) is 61.0 cm³/mol. The molecule has 1 heterocycles. The summed E-state index contributed by atoms with van der Waals surface area (Å²) in [7, 11) is 3.04. The van der Waals surface area contributed by atoms with Crippen molar-refractivity contribution >= 4 is 22.9 Å². The SMILES string of the molecule is COc1cc(OC)c2oc(NC(=O)O)cc2c1. The van der Waals surface area contributed by atoms with Crippen LogP contribution in [0.25, 0.3) is 11.0 Å². The average Bonchev–Trinajstić information content (AvgIpc) is 2.68. The van der Waals surface area contributed by atoms with Crippen molar-refractivity contribution in [3.63, 3.8) is 0 Å². The third-order valence-electron chi connectivity index (χ3n) is 2.24. The Morgan fingerprint density at radius 2 is 2.06 bits per heavy atom. The monoisotopic (exact) mass is 237 g/mol. The van der Waals surface area contributed by atoms with E-state index in [0.717, 1.165) is 0 Å². The van der Waals surface area contributed by atoms with E-state index in [1.807, 2.05) is 0 Å². The van der Waals surface area contributed by atoms with E-state index in [0.29, 0.717) is 22.5 Å². The quantitative estimate of drug-likeness (QED) is 0.857. The fourth-order valence-corrected chi connectivity index (χ4v) is 1.53. The van der Waals surface area contributed by atoms with Crippen LogP contribution < -0.4 is 14.8 Å². The van der Waals surface area contributed by atoms with E-state index >= 15 is 0 Å². The van der Waals surface area contributed by atoms with Crippen LogP contribution in [0.1, 0.15) is 0 Å². The van der Waals surface area contributed by atoms with Gasteiger partial charge in [0.15, 0.2) is 11.3 Å². The zero-order valence-electron chi connectivity index (χ0n) is 9.31. The highest BCUT2D eigenvalue weighted by Crippen LogP contribution is 2.34. The number of hydrogen-bond donors (Lipinski definition) is 2. The topological polar surface area (TPSA) is 80.9 Å². The number of furan rings is 1. The molecule has 17 heavy (non-hydrogen) atoms. The molecule has 6 heteroatoms. The van der Waals surface area contributed by atoms with Gasteiger partial charge in [0.25, 0.3) is 0 Å². The highest BCUT2D eigenvalue weighted by Gasteiger charge is 2.12. The van der Waals surface area contributed by atoms with Gasteiger partial charge >= 0.3 is 6.09 Å². The number of benzene rings is 1. The predicted octanol–water partition coefficient (Wildman–Crippen LogP) is 2.54. The molecule has 0 atom stereocenters. The summed E-state index contributed by atoms with van der Waals surface area (Å²) in [6.07, 6.45) is -1.19. The van der Waals surface area contributed by atoms with Crippen molar-refractivity contribution in [2.24, 2.45) is 0 Å². The summed E-state index contributed by atoms with van der Waals surface area (Å²) in [5, 5.41) is 11.4. The summed E-state index contributed by atoms with van der Waals surface area (Å²) in [5.74, 6) is 1.23. The van der Waals surface area contributed by atoms with Crippen LogP contribution in [0.2, 0.25) is 0 Å². The first-order chi connectivity index (χ1) is 8.13. The van der Waals surface area contributed by atoms with E-state index in [9.17, 15) is 4.79 Å². The Morgan fingerprint density at radius 1 is 1.29 bits per heavy atom. The molecule has 0 saturated carbocycles. The maximum atomic E-state index is 10.5. The molecule has 0 spiro atoms. The fourth-order valence-electron chi connectivity index (χ4n) is 1.53. The summed E-state index contributed by atoms with van der Waals surface area (Å²) >= 11 is 0. The molecule has 0 unspecified atom stereocenters. The lowest BCUT2D eigenvalue weighted by Crippen LogP contribution is -2.05. The Bertz CT molecular complexity index is 560. The molecule has 6 nitrogen and oxygen atoms in total. The number of ether oxygens (including phenoxy) is 2. The molecular weight excluding hydrogens is 226 g/mol. The van der Waals surface area contributed by atoms with Gasteiger partial charge < -0.3 is 19.0 Å². The molecule has 2 aromatic rings. The van der Waals surface area contributed by atoms with Gasteiger partial charge in [0, 0.05) is 17.5 Å². The molecule has 0 aliphatic heterocycles. The first-order valence-electron chi connectivity index (χ1n) is 4.79. The molecule has 1 amide bonds. The average molecular weight is 237 g/mol. The molecule has 2 N–H and O–H groups in total. The van der Waals surface area contributed by atoms with E-state index in [1.165, 1.54) is 14.2 Å². The van der Waals surface area contributed by atoms with E-state index in [1.54, 1.807) is 18.2 Å². The van der Waals surface area contributed by atoms with Gasteiger partial charge in [-0.05, 0) is 6.07 Å². The lowest BCUT2D eigenvalue weighted by atomic mass is 10.2. The van der Waals surface area contributed by atoms with E-state index in [4.69, 9.17) is 19.0 Å². The van der Waals surface area contributed by atoms with Gasteiger partial charge in [-0.1, -0.05) is 0 Å². The number of carbonyl (C=O) groups is 1. The van der Waals surface area contributed by atoms with Gasteiger partial charge in [-0.2, -0.15) is 0 Å².